The molecule has 28 heavy (non-hydrogen) atoms. The first-order valence-electron chi connectivity index (χ1n) is 9.98. The highest BCUT2D eigenvalue weighted by atomic mass is 19.1. The Kier molecular flexibility index (Phi) is 5.19. The summed E-state index contributed by atoms with van der Waals surface area (Å²) in [6, 6.07) is 5.03. The van der Waals surface area contributed by atoms with Gasteiger partial charge in [-0.1, -0.05) is 0 Å². The molecular weight excluding hydrogens is 360 g/mol. The molecule has 0 radical (unpaired) electrons. The van der Waals surface area contributed by atoms with Gasteiger partial charge in [0.15, 0.2) is 12.0 Å². The van der Waals surface area contributed by atoms with E-state index in [2.05, 4.69) is 20.1 Å². The molecule has 3 aromatic rings. The molecular formula is C21H27F2N5. The zero-order chi connectivity index (χ0) is 19.8. The van der Waals surface area contributed by atoms with E-state index in [9.17, 15) is 8.78 Å². The quantitative estimate of drug-likeness (QED) is 0.668. The van der Waals surface area contributed by atoms with Crippen LogP contribution in [0.15, 0.2) is 24.4 Å². The van der Waals surface area contributed by atoms with Gasteiger partial charge in [0.2, 0.25) is 0 Å². The molecule has 2 aromatic heterocycles. The predicted octanol–water partition coefficient (Wildman–Crippen LogP) is 4.68. The number of aromatic nitrogens is 4. The second-order valence-corrected chi connectivity index (χ2v) is 8.05. The van der Waals surface area contributed by atoms with Gasteiger partial charge in [-0.2, -0.15) is 0 Å². The average Bonchev–Trinajstić information content (AvgIpc) is 3.36. The Morgan fingerprint density at radius 1 is 1.29 bits per heavy atom. The number of benzene rings is 1. The van der Waals surface area contributed by atoms with E-state index in [-0.39, 0.29) is 11.9 Å². The van der Waals surface area contributed by atoms with Crippen molar-refractivity contribution in [2.45, 2.75) is 51.7 Å². The standard InChI is InChI=1S/C21H27F2N5/c1-13(2)28-14(3)25-26-21(28)19(23)7-9-27-8-6-15(12-27)18-11-24-20-10-16(22)4-5-17(18)20/h4-5,10-11,13,15,19,24H,6-9,12H2,1-3H3. The van der Waals surface area contributed by atoms with Gasteiger partial charge in [0.25, 0.3) is 0 Å². The largest absolute Gasteiger partial charge is 0.361 e. The minimum atomic E-state index is -1.11. The molecule has 1 N–H and O–H groups in total. The van der Waals surface area contributed by atoms with Crippen LogP contribution in [-0.4, -0.2) is 44.3 Å². The molecule has 2 unspecified atom stereocenters. The molecule has 1 aliphatic rings. The molecule has 150 valence electrons. The molecule has 1 saturated heterocycles. The van der Waals surface area contributed by atoms with Crippen molar-refractivity contribution in [3.05, 3.63) is 47.4 Å². The molecule has 1 aliphatic heterocycles. The fourth-order valence-electron chi connectivity index (χ4n) is 4.41. The zero-order valence-electron chi connectivity index (χ0n) is 16.6. The smallest absolute Gasteiger partial charge is 0.167 e. The SMILES string of the molecule is Cc1nnc(C(F)CCN2CCC(c3c[nH]c4cc(F)ccc34)C2)n1C(C)C. The van der Waals surface area contributed by atoms with Crippen molar-refractivity contribution in [1.82, 2.24) is 24.6 Å². The molecule has 3 heterocycles. The number of H-pyrrole nitrogens is 1. The van der Waals surface area contributed by atoms with E-state index in [1.165, 1.54) is 17.7 Å². The summed E-state index contributed by atoms with van der Waals surface area (Å²) >= 11 is 0. The van der Waals surface area contributed by atoms with E-state index in [4.69, 9.17) is 0 Å². The Morgan fingerprint density at radius 3 is 2.89 bits per heavy atom. The van der Waals surface area contributed by atoms with Gasteiger partial charge >= 0.3 is 0 Å². The highest BCUT2D eigenvalue weighted by Gasteiger charge is 2.27. The summed E-state index contributed by atoms with van der Waals surface area (Å²) in [5.41, 5.74) is 2.06. The molecule has 0 bridgehead atoms. The number of halogens is 2. The van der Waals surface area contributed by atoms with E-state index in [1.54, 1.807) is 0 Å². The van der Waals surface area contributed by atoms with Crippen molar-refractivity contribution in [2.75, 3.05) is 19.6 Å². The Morgan fingerprint density at radius 2 is 2.11 bits per heavy atom. The van der Waals surface area contributed by atoms with Gasteiger partial charge in [0.05, 0.1) is 0 Å². The number of hydrogen-bond acceptors (Lipinski definition) is 3. The summed E-state index contributed by atoms with van der Waals surface area (Å²) in [6.07, 6.45) is 2.32. The lowest BCUT2D eigenvalue weighted by atomic mass is 9.98. The van der Waals surface area contributed by atoms with Crippen LogP contribution in [0, 0.1) is 12.7 Å². The van der Waals surface area contributed by atoms with Crippen LogP contribution in [0.4, 0.5) is 8.78 Å². The van der Waals surface area contributed by atoms with E-state index in [0.717, 1.165) is 36.2 Å². The van der Waals surface area contributed by atoms with Gasteiger partial charge in [-0.15, -0.1) is 10.2 Å². The molecule has 0 spiro atoms. The Hall–Kier alpha value is -2.28. The molecule has 7 heteroatoms. The maximum Gasteiger partial charge on any atom is 0.167 e. The summed E-state index contributed by atoms with van der Waals surface area (Å²) in [7, 11) is 0. The van der Waals surface area contributed by atoms with E-state index in [0.29, 0.717) is 24.7 Å². The average molecular weight is 387 g/mol. The second kappa shape index (κ2) is 7.62. The topological polar surface area (TPSA) is 49.7 Å². The number of aromatic amines is 1. The number of alkyl halides is 1. The van der Waals surface area contributed by atoms with Crippen molar-refractivity contribution >= 4 is 10.9 Å². The Labute approximate surface area is 163 Å². The van der Waals surface area contributed by atoms with Gasteiger partial charge in [-0.25, -0.2) is 8.78 Å². The van der Waals surface area contributed by atoms with Crippen LogP contribution in [0.5, 0.6) is 0 Å². The normalized spacial score (nSPS) is 19.1. The monoisotopic (exact) mass is 387 g/mol. The van der Waals surface area contributed by atoms with Crippen LogP contribution >= 0.6 is 0 Å². The third-order valence-electron chi connectivity index (χ3n) is 5.78. The summed E-state index contributed by atoms with van der Waals surface area (Å²) in [5.74, 6) is 1.35. The maximum atomic E-state index is 14.8. The minimum absolute atomic E-state index is 0.145. The van der Waals surface area contributed by atoms with Crippen LogP contribution in [0.1, 0.15) is 62.0 Å². The van der Waals surface area contributed by atoms with Gasteiger partial charge in [-0.3, -0.25) is 0 Å². The number of likely N-dealkylation sites (tertiary alicyclic amines) is 1. The molecule has 2 atom stereocenters. The van der Waals surface area contributed by atoms with Crippen molar-refractivity contribution in [3.63, 3.8) is 0 Å². The van der Waals surface area contributed by atoms with E-state index < -0.39 is 6.17 Å². The second-order valence-electron chi connectivity index (χ2n) is 8.05. The molecule has 0 aliphatic carbocycles. The van der Waals surface area contributed by atoms with Gasteiger partial charge in [-0.05, 0) is 69.8 Å². The van der Waals surface area contributed by atoms with Crippen LogP contribution < -0.4 is 0 Å². The predicted molar refractivity (Wildman–Crippen MR) is 106 cm³/mol. The first-order valence-corrected chi connectivity index (χ1v) is 9.98. The zero-order valence-corrected chi connectivity index (χ0v) is 16.6. The lowest BCUT2D eigenvalue weighted by molar-refractivity contribution is 0.239. The number of rotatable bonds is 6. The number of fused-ring (bicyclic) bond motifs is 1. The lowest BCUT2D eigenvalue weighted by Gasteiger charge is -2.19. The lowest BCUT2D eigenvalue weighted by Crippen LogP contribution is -2.23. The molecule has 4 rings (SSSR count). The van der Waals surface area contributed by atoms with Crippen LogP contribution in [-0.2, 0) is 0 Å². The van der Waals surface area contributed by atoms with Gasteiger partial charge in [0.1, 0.15) is 11.6 Å². The third kappa shape index (κ3) is 3.55. The molecule has 5 nitrogen and oxygen atoms in total. The fourth-order valence-corrected chi connectivity index (χ4v) is 4.41. The first kappa shape index (κ1) is 19.1. The molecule has 0 saturated carbocycles. The molecule has 0 amide bonds. The van der Waals surface area contributed by atoms with Crippen LogP contribution in [0.2, 0.25) is 0 Å². The Bertz CT molecular complexity index is 961. The van der Waals surface area contributed by atoms with Gasteiger partial charge < -0.3 is 14.5 Å². The fraction of sp³-hybridized carbons (Fsp3) is 0.524. The van der Waals surface area contributed by atoms with Crippen molar-refractivity contribution in [3.8, 4) is 0 Å². The minimum Gasteiger partial charge on any atom is -0.361 e. The van der Waals surface area contributed by atoms with Crippen LogP contribution in [0.25, 0.3) is 10.9 Å². The summed E-state index contributed by atoms with van der Waals surface area (Å²) < 4.78 is 30.1. The molecule has 1 fully saturated rings. The maximum absolute atomic E-state index is 14.8. The van der Waals surface area contributed by atoms with E-state index >= 15 is 0 Å². The number of nitrogens with zero attached hydrogens (tertiary/aromatic N) is 4. The highest BCUT2D eigenvalue weighted by Crippen LogP contribution is 2.33. The number of aryl methyl sites for hydroxylation is 1. The van der Waals surface area contributed by atoms with Crippen LogP contribution in [0.3, 0.4) is 0 Å². The Balaban J connectivity index is 1.38. The van der Waals surface area contributed by atoms with Crippen molar-refractivity contribution in [2.24, 2.45) is 0 Å². The van der Waals surface area contributed by atoms with Gasteiger partial charge in [0, 0.05) is 36.2 Å². The molecule has 1 aromatic carbocycles. The summed E-state index contributed by atoms with van der Waals surface area (Å²) in [5, 5.41) is 9.19. The summed E-state index contributed by atoms with van der Waals surface area (Å²) in [6.45, 7) is 8.43. The first-order chi connectivity index (χ1) is 13.4. The third-order valence-corrected chi connectivity index (χ3v) is 5.78. The highest BCUT2D eigenvalue weighted by molar-refractivity contribution is 5.83. The number of nitrogens with one attached hydrogen (secondary N) is 1. The van der Waals surface area contributed by atoms with Crippen molar-refractivity contribution in [1.29, 1.82) is 0 Å². The van der Waals surface area contributed by atoms with E-state index in [1.807, 2.05) is 37.6 Å². The summed E-state index contributed by atoms with van der Waals surface area (Å²) in [4.78, 5) is 5.48. The van der Waals surface area contributed by atoms with Crippen molar-refractivity contribution < 1.29 is 8.78 Å². The number of hydrogen-bond donors (Lipinski definition) is 1.